The van der Waals surface area contributed by atoms with Crippen LogP contribution in [0.15, 0.2) is 58.5 Å². The molecule has 0 radical (unpaired) electrons. The van der Waals surface area contributed by atoms with Gasteiger partial charge in [-0.3, -0.25) is 9.69 Å². The highest BCUT2D eigenvalue weighted by Gasteiger charge is 2.27. The van der Waals surface area contributed by atoms with Crippen molar-refractivity contribution in [2.45, 2.75) is 19.0 Å². The maximum absolute atomic E-state index is 12.0. The standard InChI is InChI=1S/C19H19N3O2S/c23-18-11-15(14-5-2-1-3-6-14)22(9-8-20-18)13-19-21-12-16(24-19)17-7-4-10-25-17/h1-7,10,12,15H,8-9,11,13H2,(H,20,23). The Balaban J connectivity index is 1.57. The Bertz CT molecular complexity index is 829. The molecule has 1 aromatic carbocycles. The van der Waals surface area contributed by atoms with E-state index in [0.717, 1.165) is 22.7 Å². The van der Waals surface area contributed by atoms with Crippen LogP contribution in [0.3, 0.4) is 0 Å². The minimum Gasteiger partial charge on any atom is -0.438 e. The Morgan fingerprint density at radius 3 is 2.92 bits per heavy atom. The molecule has 0 spiro atoms. The highest BCUT2D eigenvalue weighted by Crippen LogP contribution is 2.29. The van der Waals surface area contributed by atoms with Crippen LogP contribution in [0.5, 0.6) is 0 Å². The first kappa shape index (κ1) is 16.1. The summed E-state index contributed by atoms with van der Waals surface area (Å²) in [5, 5.41) is 4.98. The van der Waals surface area contributed by atoms with Crippen molar-refractivity contribution in [1.82, 2.24) is 15.2 Å². The first-order valence-corrected chi connectivity index (χ1v) is 9.22. The molecule has 1 amide bonds. The monoisotopic (exact) mass is 353 g/mol. The second-order valence-corrected chi connectivity index (χ2v) is 6.99. The zero-order valence-electron chi connectivity index (χ0n) is 13.7. The van der Waals surface area contributed by atoms with E-state index in [-0.39, 0.29) is 11.9 Å². The molecule has 128 valence electrons. The number of rotatable bonds is 4. The first-order chi connectivity index (χ1) is 12.3. The van der Waals surface area contributed by atoms with Gasteiger partial charge >= 0.3 is 0 Å². The van der Waals surface area contributed by atoms with Crippen molar-refractivity contribution in [1.29, 1.82) is 0 Å². The lowest BCUT2D eigenvalue weighted by Crippen LogP contribution is -2.30. The van der Waals surface area contributed by atoms with Crippen LogP contribution in [-0.2, 0) is 11.3 Å². The highest BCUT2D eigenvalue weighted by molar-refractivity contribution is 7.13. The summed E-state index contributed by atoms with van der Waals surface area (Å²) in [7, 11) is 0. The molecular weight excluding hydrogens is 334 g/mol. The van der Waals surface area contributed by atoms with E-state index in [0.29, 0.717) is 25.4 Å². The van der Waals surface area contributed by atoms with Crippen molar-refractivity contribution in [3.05, 3.63) is 65.5 Å². The van der Waals surface area contributed by atoms with Gasteiger partial charge in [-0.25, -0.2) is 4.98 Å². The molecular formula is C19H19N3O2S. The van der Waals surface area contributed by atoms with Crippen LogP contribution in [-0.4, -0.2) is 28.9 Å². The minimum absolute atomic E-state index is 0.0285. The van der Waals surface area contributed by atoms with Crippen LogP contribution < -0.4 is 5.32 Å². The lowest BCUT2D eigenvalue weighted by Gasteiger charge is -2.28. The van der Waals surface area contributed by atoms with Crippen molar-refractivity contribution in [3.8, 4) is 10.6 Å². The topological polar surface area (TPSA) is 58.4 Å². The summed E-state index contributed by atoms with van der Waals surface area (Å²) in [5.41, 5.74) is 1.14. The predicted octanol–water partition coefficient (Wildman–Crippen LogP) is 3.47. The number of oxazole rings is 1. The molecule has 2 aromatic heterocycles. The van der Waals surface area contributed by atoms with E-state index >= 15 is 0 Å². The molecule has 1 aliphatic rings. The van der Waals surface area contributed by atoms with Crippen molar-refractivity contribution in [3.63, 3.8) is 0 Å². The van der Waals surface area contributed by atoms with E-state index in [2.05, 4.69) is 27.3 Å². The molecule has 1 atom stereocenters. The highest BCUT2D eigenvalue weighted by atomic mass is 32.1. The molecule has 4 rings (SSSR count). The average molecular weight is 353 g/mol. The molecule has 3 aromatic rings. The number of benzene rings is 1. The zero-order chi connectivity index (χ0) is 17.1. The van der Waals surface area contributed by atoms with Gasteiger partial charge in [0.1, 0.15) is 0 Å². The van der Waals surface area contributed by atoms with Gasteiger partial charge < -0.3 is 9.73 Å². The molecule has 1 fully saturated rings. The number of nitrogens with one attached hydrogen (secondary N) is 1. The Labute approximate surface area is 150 Å². The molecule has 1 unspecified atom stereocenters. The van der Waals surface area contributed by atoms with Gasteiger partial charge in [0.2, 0.25) is 11.8 Å². The number of carbonyl (C=O) groups excluding carboxylic acids is 1. The van der Waals surface area contributed by atoms with Crippen LogP contribution >= 0.6 is 11.3 Å². The molecule has 5 nitrogen and oxygen atoms in total. The Morgan fingerprint density at radius 1 is 1.24 bits per heavy atom. The Kier molecular flexibility index (Phi) is 4.63. The summed E-state index contributed by atoms with van der Waals surface area (Å²) >= 11 is 1.63. The number of aromatic nitrogens is 1. The van der Waals surface area contributed by atoms with E-state index in [1.165, 1.54) is 0 Å². The summed E-state index contributed by atoms with van der Waals surface area (Å²) in [4.78, 5) is 19.8. The van der Waals surface area contributed by atoms with Gasteiger partial charge in [-0.1, -0.05) is 36.4 Å². The number of hydrogen-bond acceptors (Lipinski definition) is 5. The molecule has 1 aliphatic heterocycles. The van der Waals surface area contributed by atoms with E-state index in [1.54, 1.807) is 17.5 Å². The third-order valence-corrected chi connectivity index (χ3v) is 5.27. The number of amides is 1. The molecule has 0 aliphatic carbocycles. The Hall–Kier alpha value is -2.44. The first-order valence-electron chi connectivity index (χ1n) is 8.34. The lowest BCUT2D eigenvalue weighted by molar-refractivity contribution is -0.121. The molecule has 6 heteroatoms. The number of nitrogens with zero attached hydrogens (tertiary/aromatic N) is 2. The fraction of sp³-hybridized carbons (Fsp3) is 0.263. The normalized spacial score (nSPS) is 18.7. The number of carbonyl (C=O) groups is 1. The maximum atomic E-state index is 12.0. The van der Waals surface area contributed by atoms with Gasteiger partial charge in [-0.15, -0.1) is 11.3 Å². The molecule has 1 N–H and O–H groups in total. The van der Waals surface area contributed by atoms with Crippen molar-refractivity contribution in [2.24, 2.45) is 0 Å². The second-order valence-electron chi connectivity index (χ2n) is 6.05. The maximum Gasteiger partial charge on any atom is 0.221 e. The van der Waals surface area contributed by atoms with Gasteiger partial charge in [0.25, 0.3) is 0 Å². The molecule has 25 heavy (non-hydrogen) atoms. The van der Waals surface area contributed by atoms with Crippen LogP contribution in [0.1, 0.15) is 23.9 Å². The third-order valence-electron chi connectivity index (χ3n) is 4.38. The van der Waals surface area contributed by atoms with Crippen molar-refractivity contribution >= 4 is 17.2 Å². The largest absolute Gasteiger partial charge is 0.438 e. The van der Waals surface area contributed by atoms with Crippen LogP contribution in [0.2, 0.25) is 0 Å². The Morgan fingerprint density at radius 2 is 2.12 bits per heavy atom. The van der Waals surface area contributed by atoms with Crippen LogP contribution in [0.25, 0.3) is 10.6 Å². The number of hydrogen-bond donors (Lipinski definition) is 1. The van der Waals surface area contributed by atoms with E-state index in [9.17, 15) is 4.79 Å². The zero-order valence-corrected chi connectivity index (χ0v) is 14.5. The fourth-order valence-electron chi connectivity index (χ4n) is 3.15. The summed E-state index contributed by atoms with van der Waals surface area (Å²) in [6, 6.07) is 14.2. The summed E-state index contributed by atoms with van der Waals surface area (Å²) in [6.07, 6.45) is 2.22. The smallest absolute Gasteiger partial charge is 0.221 e. The van der Waals surface area contributed by atoms with E-state index in [1.807, 2.05) is 35.7 Å². The lowest BCUT2D eigenvalue weighted by atomic mass is 10.0. The quantitative estimate of drug-likeness (QED) is 0.780. The average Bonchev–Trinajstić information content (AvgIpc) is 3.28. The molecule has 0 saturated carbocycles. The van der Waals surface area contributed by atoms with E-state index in [4.69, 9.17) is 4.42 Å². The molecule has 3 heterocycles. The van der Waals surface area contributed by atoms with Crippen LogP contribution in [0.4, 0.5) is 0 Å². The summed E-state index contributed by atoms with van der Waals surface area (Å²) < 4.78 is 5.93. The second kappa shape index (κ2) is 7.21. The fourth-order valence-corrected chi connectivity index (χ4v) is 3.83. The predicted molar refractivity (Wildman–Crippen MR) is 97.0 cm³/mol. The summed E-state index contributed by atoms with van der Waals surface area (Å²) in [6.45, 7) is 1.99. The SMILES string of the molecule is O=C1CC(c2ccccc2)N(Cc2ncc(-c3cccs3)o2)CCN1. The van der Waals surface area contributed by atoms with Gasteiger partial charge in [0, 0.05) is 25.6 Å². The minimum atomic E-state index is 0.0285. The van der Waals surface area contributed by atoms with Gasteiger partial charge in [-0.05, 0) is 17.0 Å². The van der Waals surface area contributed by atoms with Crippen molar-refractivity contribution < 1.29 is 9.21 Å². The number of thiophene rings is 1. The van der Waals surface area contributed by atoms with E-state index < -0.39 is 0 Å². The summed E-state index contributed by atoms with van der Waals surface area (Å²) in [5.74, 6) is 1.56. The van der Waals surface area contributed by atoms with Gasteiger partial charge in [-0.2, -0.15) is 0 Å². The van der Waals surface area contributed by atoms with Crippen LogP contribution in [0, 0.1) is 0 Å². The van der Waals surface area contributed by atoms with Gasteiger partial charge in [0.15, 0.2) is 5.76 Å². The van der Waals surface area contributed by atoms with Gasteiger partial charge in [0.05, 0.1) is 17.6 Å². The third kappa shape index (κ3) is 3.65. The molecule has 1 saturated heterocycles. The molecule has 0 bridgehead atoms. The van der Waals surface area contributed by atoms with Crippen molar-refractivity contribution in [2.75, 3.05) is 13.1 Å².